The van der Waals surface area contributed by atoms with Crippen molar-refractivity contribution in [2.24, 2.45) is 4.99 Å². The number of aliphatic imine (C=N–C) groups is 1. The first-order valence-electron chi connectivity index (χ1n) is 6.86. The summed E-state index contributed by atoms with van der Waals surface area (Å²) in [5, 5.41) is 2.55. The predicted octanol–water partition coefficient (Wildman–Crippen LogP) is 4.56. The van der Waals surface area contributed by atoms with Crippen LogP contribution in [0.2, 0.25) is 0 Å². The van der Waals surface area contributed by atoms with Crippen molar-refractivity contribution in [2.45, 2.75) is 13.8 Å². The number of benzene rings is 2. The molecule has 3 rings (SSSR count). The van der Waals surface area contributed by atoms with E-state index in [2.05, 4.69) is 58.9 Å². The molecule has 0 amide bonds. The highest BCUT2D eigenvalue weighted by Gasteiger charge is 2.12. The maximum Gasteiger partial charge on any atom is 0.132 e. The average Bonchev–Trinajstić information content (AvgIpc) is 2.78. The molecule has 3 aromatic rings. The quantitative estimate of drug-likeness (QED) is 0.452. The smallest absolute Gasteiger partial charge is 0.132 e. The van der Waals surface area contributed by atoms with E-state index in [1.165, 1.54) is 27.4 Å². The highest BCUT2D eigenvalue weighted by molar-refractivity contribution is 6.16. The zero-order chi connectivity index (χ0) is 14.1. The monoisotopic (exact) mass is 262 g/mol. The molecule has 100 valence electrons. The molecule has 0 aliphatic heterocycles. The van der Waals surface area contributed by atoms with Crippen molar-refractivity contribution >= 4 is 27.6 Å². The number of rotatable bonds is 1. The Morgan fingerprint density at radius 1 is 1.05 bits per heavy atom. The summed E-state index contributed by atoms with van der Waals surface area (Å²) in [7, 11) is 1.84. The minimum Gasteiger partial charge on any atom is -0.294 e. The van der Waals surface area contributed by atoms with Gasteiger partial charge in [0.1, 0.15) is 5.84 Å². The lowest BCUT2D eigenvalue weighted by Crippen LogP contribution is -2.08. The van der Waals surface area contributed by atoms with Crippen LogP contribution in [0.4, 0.5) is 0 Å². The molecule has 0 fully saturated rings. The molecule has 0 bridgehead atoms. The minimum atomic E-state index is 0.962. The largest absolute Gasteiger partial charge is 0.294 e. The van der Waals surface area contributed by atoms with Crippen LogP contribution in [-0.4, -0.2) is 17.5 Å². The van der Waals surface area contributed by atoms with Crippen molar-refractivity contribution in [2.75, 3.05) is 7.05 Å². The summed E-state index contributed by atoms with van der Waals surface area (Å²) in [6.07, 6.45) is 4.08. The third-order valence-electron chi connectivity index (χ3n) is 3.60. The summed E-state index contributed by atoms with van der Waals surface area (Å²) in [6, 6.07) is 15.1. The molecule has 0 aliphatic rings. The van der Waals surface area contributed by atoms with Crippen LogP contribution in [-0.2, 0) is 0 Å². The molecule has 0 spiro atoms. The van der Waals surface area contributed by atoms with Crippen LogP contribution in [0, 0.1) is 6.92 Å². The van der Waals surface area contributed by atoms with Crippen LogP contribution < -0.4 is 0 Å². The Morgan fingerprint density at radius 3 is 2.55 bits per heavy atom. The molecule has 0 aliphatic carbocycles. The average molecular weight is 262 g/mol. The molecule has 0 saturated heterocycles. The van der Waals surface area contributed by atoms with Crippen LogP contribution in [0.5, 0.6) is 0 Å². The molecule has 2 heteroatoms. The fourth-order valence-corrected chi connectivity index (χ4v) is 2.73. The van der Waals surface area contributed by atoms with Gasteiger partial charge in [0.2, 0.25) is 0 Å². The minimum absolute atomic E-state index is 0.962. The van der Waals surface area contributed by atoms with Crippen molar-refractivity contribution in [3.05, 3.63) is 60.2 Å². The second-order valence-corrected chi connectivity index (χ2v) is 4.95. The topological polar surface area (TPSA) is 17.3 Å². The van der Waals surface area contributed by atoms with Gasteiger partial charge in [0.25, 0.3) is 0 Å². The van der Waals surface area contributed by atoms with Crippen LogP contribution >= 0.6 is 0 Å². The summed E-state index contributed by atoms with van der Waals surface area (Å²) in [5.74, 6) is 0.962. The van der Waals surface area contributed by atoms with Gasteiger partial charge in [0.05, 0.1) is 11.0 Å². The van der Waals surface area contributed by atoms with E-state index in [-0.39, 0.29) is 0 Å². The van der Waals surface area contributed by atoms with Gasteiger partial charge in [-0.2, -0.15) is 0 Å². The summed E-state index contributed by atoms with van der Waals surface area (Å²) in [6.45, 7) is 4.14. The lowest BCUT2D eigenvalue weighted by atomic mass is 10.1. The Balaban J connectivity index is 2.51. The number of aromatic nitrogens is 1. The van der Waals surface area contributed by atoms with Gasteiger partial charge < -0.3 is 0 Å². The zero-order valence-corrected chi connectivity index (χ0v) is 12.1. The predicted molar refractivity (Wildman–Crippen MR) is 87.8 cm³/mol. The van der Waals surface area contributed by atoms with Crippen molar-refractivity contribution < 1.29 is 0 Å². The van der Waals surface area contributed by atoms with E-state index in [1.54, 1.807) is 0 Å². The molecule has 1 heterocycles. The molecule has 0 radical (unpaired) electrons. The maximum absolute atomic E-state index is 4.44. The van der Waals surface area contributed by atoms with E-state index in [0.717, 1.165) is 5.84 Å². The number of para-hydroxylation sites is 1. The molecular formula is C18H18N2. The van der Waals surface area contributed by atoms with E-state index >= 15 is 0 Å². The first-order chi connectivity index (χ1) is 9.76. The summed E-state index contributed by atoms with van der Waals surface area (Å²) < 4.78 is 2.23. The van der Waals surface area contributed by atoms with Crippen molar-refractivity contribution in [1.29, 1.82) is 0 Å². The van der Waals surface area contributed by atoms with E-state index < -0.39 is 0 Å². The number of hydrogen-bond donors (Lipinski definition) is 0. The Morgan fingerprint density at radius 2 is 1.80 bits per heavy atom. The van der Waals surface area contributed by atoms with Gasteiger partial charge >= 0.3 is 0 Å². The number of aryl methyl sites for hydroxylation is 1. The Kier molecular flexibility index (Phi) is 3.15. The van der Waals surface area contributed by atoms with Gasteiger partial charge in [-0.05, 0) is 37.6 Å². The highest BCUT2D eigenvalue weighted by Crippen LogP contribution is 2.29. The zero-order valence-electron chi connectivity index (χ0n) is 12.1. The van der Waals surface area contributed by atoms with Crippen molar-refractivity contribution in [3.8, 4) is 0 Å². The van der Waals surface area contributed by atoms with Gasteiger partial charge in [-0.3, -0.25) is 9.56 Å². The van der Waals surface area contributed by atoms with Gasteiger partial charge in [-0.25, -0.2) is 0 Å². The number of hydrogen-bond acceptors (Lipinski definition) is 1. The van der Waals surface area contributed by atoms with Crippen molar-refractivity contribution in [1.82, 2.24) is 4.57 Å². The first kappa shape index (κ1) is 12.7. The lowest BCUT2D eigenvalue weighted by molar-refractivity contribution is 1.24. The third-order valence-corrected chi connectivity index (χ3v) is 3.60. The van der Waals surface area contributed by atoms with Crippen LogP contribution in [0.25, 0.3) is 21.8 Å². The molecule has 20 heavy (non-hydrogen) atoms. The maximum atomic E-state index is 4.44. The van der Waals surface area contributed by atoms with E-state index in [0.29, 0.717) is 0 Å². The molecule has 0 atom stereocenters. The molecule has 2 nitrogen and oxygen atoms in total. The molecule has 0 N–H and O–H groups in total. The summed E-state index contributed by atoms with van der Waals surface area (Å²) in [4.78, 5) is 4.44. The van der Waals surface area contributed by atoms with Crippen LogP contribution in [0.15, 0.2) is 59.6 Å². The van der Waals surface area contributed by atoms with Crippen molar-refractivity contribution in [3.63, 3.8) is 0 Å². The number of allylic oxidation sites excluding steroid dienone is 2. The SMILES string of the molecule is C/C=C\C(=NC)n1c2ccccc2c2ccc(C)cc21. The molecular weight excluding hydrogens is 244 g/mol. The Hall–Kier alpha value is -2.35. The molecule has 0 saturated carbocycles. The Labute approximate surface area is 119 Å². The summed E-state index contributed by atoms with van der Waals surface area (Å²) >= 11 is 0. The van der Waals surface area contributed by atoms with E-state index in [4.69, 9.17) is 0 Å². The number of fused-ring (bicyclic) bond motifs is 3. The first-order valence-corrected chi connectivity index (χ1v) is 6.86. The van der Waals surface area contributed by atoms with Gasteiger partial charge in [-0.1, -0.05) is 36.4 Å². The van der Waals surface area contributed by atoms with Gasteiger partial charge in [0, 0.05) is 17.8 Å². The lowest BCUT2D eigenvalue weighted by Gasteiger charge is -2.07. The highest BCUT2D eigenvalue weighted by atomic mass is 15.1. The number of nitrogens with zero attached hydrogens (tertiary/aromatic N) is 2. The fourth-order valence-electron chi connectivity index (χ4n) is 2.73. The molecule has 2 aromatic carbocycles. The Bertz CT molecular complexity index is 835. The second-order valence-electron chi connectivity index (χ2n) is 4.95. The van der Waals surface area contributed by atoms with E-state index in [9.17, 15) is 0 Å². The normalized spacial score (nSPS) is 12.8. The van der Waals surface area contributed by atoms with E-state index in [1.807, 2.05) is 26.1 Å². The van der Waals surface area contributed by atoms with Crippen LogP contribution in [0.1, 0.15) is 12.5 Å². The third kappa shape index (κ3) is 1.85. The van der Waals surface area contributed by atoms with Gasteiger partial charge in [0.15, 0.2) is 0 Å². The molecule has 0 unspecified atom stereocenters. The molecule has 1 aromatic heterocycles. The standard InChI is InChI=1S/C18H18N2/c1-4-7-18(19-3)20-16-9-6-5-8-14(16)15-11-10-13(2)12-17(15)20/h4-12H,1-3H3/b7-4-,19-18?. The summed E-state index contributed by atoms with van der Waals surface area (Å²) in [5.41, 5.74) is 3.68. The van der Waals surface area contributed by atoms with Crippen LogP contribution in [0.3, 0.4) is 0 Å². The fraction of sp³-hybridized carbons (Fsp3) is 0.167. The van der Waals surface area contributed by atoms with Gasteiger partial charge in [-0.15, -0.1) is 0 Å². The second kappa shape index (κ2) is 4.97.